The van der Waals surface area contributed by atoms with Gasteiger partial charge >= 0.3 is 0 Å². The summed E-state index contributed by atoms with van der Waals surface area (Å²) in [6.45, 7) is 7.67. The molecular formula is C15H24N2O. The van der Waals surface area contributed by atoms with Gasteiger partial charge in [0, 0.05) is 25.3 Å². The second-order valence-corrected chi connectivity index (χ2v) is 5.60. The number of nitrogens with zero attached hydrogens (tertiary/aromatic N) is 2. The van der Waals surface area contributed by atoms with Crippen molar-refractivity contribution in [3.63, 3.8) is 0 Å². The van der Waals surface area contributed by atoms with Crippen LogP contribution in [0.3, 0.4) is 0 Å². The van der Waals surface area contributed by atoms with Crippen LogP contribution >= 0.6 is 0 Å². The topological polar surface area (TPSA) is 26.7 Å². The molecule has 1 fully saturated rings. The second-order valence-electron chi connectivity index (χ2n) is 5.60. The zero-order valence-electron chi connectivity index (χ0n) is 11.6. The SMILES string of the molecule is Cc1ccccc1N1CC(C)CN(C)CC1CO. The normalized spacial score (nSPS) is 26.1. The van der Waals surface area contributed by atoms with E-state index in [1.54, 1.807) is 0 Å². The minimum Gasteiger partial charge on any atom is -0.394 e. The van der Waals surface area contributed by atoms with Gasteiger partial charge in [-0.25, -0.2) is 0 Å². The highest BCUT2D eigenvalue weighted by Crippen LogP contribution is 2.25. The second kappa shape index (κ2) is 5.72. The zero-order valence-corrected chi connectivity index (χ0v) is 11.6. The third-order valence-electron chi connectivity index (χ3n) is 3.73. The van der Waals surface area contributed by atoms with E-state index >= 15 is 0 Å². The molecule has 2 rings (SSSR count). The van der Waals surface area contributed by atoms with E-state index in [2.05, 4.69) is 55.0 Å². The smallest absolute Gasteiger partial charge is 0.0648 e. The molecule has 3 nitrogen and oxygen atoms in total. The van der Waals surface area contributed by atoms with Crippen molar-refractivity contribution in [2.75, 3.05) is 38.2 Å². The number of aliphatic hydroxyl groups excluding tert-OH is 1. The molecule has 2 unspecified atom stereocenters. The van der Waals surface area contributed by atoms with Crippen molar-refractivity contribution in [3.05, 3.63) is 29.8 Å². The Morgan fingerprint density at radius 2 is 1.94 bits per heavy atom. The third kappa shape index (κ3) is 2.85. The molecule has 0 saturated carbocycles. The van der Waals surface area contributed by atoms with Crippen LogP contribution in [0.5, 0.6) is 0 Å². The number of benzene rings is 1. The van der Waals surface area contributed by atoms with Crippen LogP contribution in [0.1, 0.15) is 12.5 Å². The number of aryl methyl sites for hydroxylation is 1. The van der Waals surface area contributed by atoms with Crippen LogP contribution in [0, 0.1) is 12.8 Å². The Balaban J connectivity index is 2.30. The summed E-state index contributed by atoms with van der Waals surface area (Å²) in [6, 6.07) is 8.65. The fourth-order valence-corrected chi connectivity index (χ4v) is 2.94. The summed E-state index contributed by atoms with van der Waals surface area (Å²) in [5.41, 5.74) is 2.55. The van der Waals surface area contributed by atoms with Gasteiger partial charge in [0.05, 0.1) is 12.6 Å². The molecule has 1 aliphatic heterocycles. The van der Waals surface area contributed by atoms with Crippen LogP contribution in [0.2, 0.25) is 0 Å². The van der Waals surface area contributed by atoms with Crippen LogP contribution in [0.15, 0.2) is 24.3 Å². The van der Waals surface area contributed by atoms with E-state index in [9.17, 15) is 5.11 Å². The van der Waals surface area contributed by atoms with Gasteiger partial charge in [-0.2, -0.15) is 0 Å². The zero-order chi connectivity index (χ0) is 13.1. The van der Waals surface area contributed by atoms with E-state index in [1.165, 1.54) is 11.3 Å². The first-order valence-corrected chi connectivity index (χ1v) is 6.73. The summed E-state index contributed by atoms with van der Waals surface area (Å²) in [5.74, 6) is 0.617. The maximum absolute atomic E-state index is 9.67. The summed E-state index contributed by atoms with van der Waals surface area (Å²) in [7, 11) is 2.14. The number of rotatable bonds is 2. The lowest BCUT2D eigenvalue weighted by molar-refractivity contribution is 0.226. The van der Waals surface area contributed by atoms with Gasteiger partial charge < -0.3 is 14.9 Å². The van der Waals surface area contributed by atoms with E-state index in [1.807, 2.05) is 0 Å². The molecule has 1 N–H and O–H groups in total. The lowest BCUT2D eigenvalue weighted by Crippen LogP contribution is -2.43. The number of likely N-dealkylation sites (N-methyl/N-ethyl adjacent to an activating group) is 1. The number of hydrogen-bond acceptors (Lipinski definition) is 3. The van der Waals surface area contributed by atoms with Crippen molar-refractivity contribution in [1.82, 2.24) is 4.90 Å². The van der Waals surface area contributed by atoms with Gasteiger partial charge in [0.2, 0.25) is 0 Å². The minimum atomic E-state index is 0.195. The molecule has 18 heavy (non-hydrogen) atoms. The van der Waals surface area contributed by atoms with Gasteiger partial charge in [0.1, 0.15) is 0 Å². The fourth-order valence-electron chi connectivity index (χ4n) is 2.94. The van der Waals surface area contributed by atoms with Gasteiger partial charge in [-0.3, -0.25) is 0 Å². The molecule has 1 aromatic rings. The predicted octanol–water partition coefficient (Wildman–Crippen LogP) is 1.74. The van der Waals surface area contributed by atoms with Crippen molar-refractivity contribution in [2.24, 2.45) is 5.92 Å². The van der Waals surface area contributed by atoms with E-state index < -0.39 is 0 Å². The van der Waals surface area contributed by atoms with Crippen molar-refractivity contribution in [1.29, 1.82) is 0 Å². The summed E-state index contributed by atoms with van der Waals surface area (Å²) in [5, 5.41) is 9.67. The maximum atomic E-state index is 9.67. The van der Waals surface area contributed by atoms with E-state index in [0.29, 0.717) is 5.92 Å². The third-order valence-corrected chi connectivity index (χ3v) is 3.73. The van der Waals surface area contributed by atoms with Gasteiger partial charge in [0.15, 0.2) is 0 Å². The molecule has 0 bridgehead atoms. The Hall–Kier alpha value is -1.06. The Kier molecular flexibility index (Phi) is 4.25. The molecule has 1 saturated heterocycles. The Morgan fingerprint density at radius 1 is 1.22 bits per heavy atom. The lowest BCUT2D eigenvalue weighted by atomic mass is 10.1. The van der Waals surface area contributed by atoms with Crippen LogP contribution < -0.4 is 4.90 Å². The highest BCUT2D eigenvalue weighted by molar-refractivity contribution is 5.54. The molecule has 0 amide bonds. The van der Waals surface area contributed by atoms with Crippen molar-refractivity contribution in [2.45, 2.75) is 19.9 Å². The lowest BCUT2D eigenvalue weighted by Gasteiger charge is -2.33. The maximum Gasteiger partial charge on any atom is 0.0648 e. The van der Waals surface area contributed by atoms with E-state index in [-0.39, 0.29) is 12.6 Å². The summed E-state index contributed by atoms with van der Waals surface area (Å²) in [6.07, 6.45) is 0. The Bertz CT molecular complexity index is 394. The molecular weight excluding hydrogens is 224 g/mol. The molecule has 1 aliphatic rings. The van der Waals surface area contributed by atoms with Crippen LogP contribution in [0.4, 0.5) is 5.69 Å². The quantitative estimate of drug-likeness (QED) is 0.863. The first kappa shape index (κ1) is 13.4. The monoisotopic (exact) mass is 248 g/mol. The first-order chi connectivity index (χ1) is 8.61. The number of aliphatic hydroxyl groups is 1. The molecule has 0 aromatic heterocycles. The molecule has 0 radical (unpaired) electrons. The van der Waals surface area contributed by atoms with Crippen LogP contribution in [-0.4, -0.2) is 49.3 Å². The largest absolute Gasteiger partial charge is 0.394 e. The number of para-hydroxylation sites is 1. The van der Waals surface area contributed by atoms with Crippen molar-refractivity contribution >= 4 is 5.69 Å². The van der Waals surface area contributed by atoms with Gasteiger partial charge in [0.25, 0.3) is 0 Å². The Labute approximate surface area is 110 Å². The minimum absolute atomic E-state index is 0.195. The first-order valence-electron chi connectivity index (χ1n) is 6.73. The van der Waals surface area contributed by atoms with Gasteiger partial charge in [-0.15, -0.1) is 0 Å². The summed E-state index contributed by atoms with van der Waals surface area (Å²) in [4.78, 5) is 4.70. The van der Waals surface area contributed by atoms with Crippen molar-refractivity contribution in [3.8, 4) is 0 Å². The van der Waals surface area contributed by atoms with E-state index in [0.717, 1.165) is 19.6 Å². The van der Waals surface area contributed by atoms with Crippen molar-refractivity contribution < 1.29 is 5.11 Å². The molecule has 100 valence electrons. The molecule has 0 spiro atoms. The van der Waals surface area contributed by atoms with Gasteiger partial charge in [-0.05, 0) is 31.5 Å². The molecule has 2 atom stereocenters. The molecule has 1 aromatic carbocycles. The molecule has 1 heterocycles. The molecule has 0 aliphatic carbocycles. The Morgan fingerprint density at radius 3 is 2.61 bits per heavy atom. The van der Waals surface area contributed by atoms with Gasteiger partial charge in [-0.1, -0.05) is 25.1 Å². The highest BCUT2D eigenvalue weighted by atomic mass is 16.3. The van der Waals surface area contributed by atoms with Crippen LogP contribution in [-0.2, 0) is 0 Å². The standard InChI is InChI=1S/C15H24N2O/c1-12-8-16(3)10-14(11-18)17(9-12)15-7-5-4-6-13(15)2/h4-7,12,14,18H,8-11H2,1-3H3. The highest BCUT2D eigenvalue weighted by Gasteiger charge is 2.26. The van der Waals surface area contributed by atoms with E-state index in [4.69, 9.17) is 0 Å². The number of anilines is 1. The average Bonchev–Trinajstić information content (AvgIpc) is 2.48. The fraction of sp³-hybridized carbons (Fsp3) is 0.600. The average molecular weight is 248 g/mol. The number of hydrogen-bond donors (Lipinski definition) is 1. The summed E-state index contributed by atoms with van der Waals surface area (Å²) >= 11 is 0. The predicted molar refractivity (Wildman–Crippen MR) is 76.1 cm³/mol. The van der Waals surface area contributed by atoms with Crippen LogP contribution in [0.25, 0.3) is 0 Å². The molecule has 3 heteroatoms. The summed E-state index contributed by atoms with van der Waals surface area (Å²) < 4.78 is 0.